The Bertz CT molecular complexity index is 1050. The van der Waals surface area contributed by atoms with Crippen molar-refractivity contribution in [1.82, 2.24) is 31.5 Å². The van der Waals surface area contributed by atoms with Crippen LogP contribution in [0.4, 0.5) is 0 Å². The van der Waals surface area contributed by atoms with E-state index in [1.165, 1.54) is 11.8 Å². The lowest BCUT2D eigenvalue weighted by atomic mass is 9.85. The summed E-state index contributed by atoms with van der Waals surface area (Å²) in [6.45, 7) is 5.50. The van der Waals surface area contributed by atoms with Crippen LogP contribution in [0.2, 0.25) is 0 Å². The standard InChI is InChI=1S/C24H40N8O8S/c1-11-20(37)27-7-16(34)29-13(6-25)21(38)30-14(19(26)36)9-41-10-17(35)31-18(24(2,3)4)23(40)32-8-12(33)5-15(32)22(39)28-11/h11-15,18,33H,5-10,25H2,1-4H3,(H2,26,36)(H,27,37)(H,28,39)(H,29,34)(H,30,38)(H,31,35)/t11-,12-,13-,14-,15+,18-/m1/s1. The number of fused-ring (bicyclic) bond motifs is 1. The Kier molecular flexibility index (Phi) is 11.9. The molecule has 16 nitrogen and oxygen atoms in total. The second kappa shape index (κ2) is 14.5. The molecular weight excluding hydrogens is 560 g/mol. The van der Waals surface area contributed by atoms with Crippen LogP contribution in [0.5, 0.6) is 0 Å². The molecule has 2 aliphatic heterocycles. The van der Waals surface area contributed by atoms with Crippen molar-refractivity contribution in [3.8, 4) is 0 Å². The molecule has 2 saturated heterocycles. The highest BCUT2D eigenvalue weighted by atomic mass is 32.2. The second-order valence-electron chi connectivity index (χ2n) is 11.0. The Morgan fingerprint density at radius 2 is 1.66 bits per heavy atom. The average molecular weight is 601 g/mol. The normalized spacial score (nSPS) is 30.1. The number of rotatable bonds is 2. The zero-order valence-electron chi connectivity index (χ0n) is 23.5. The number of hydrogen-bond donors (Lipinski definition) is 8. The first-order chi connectivity index (χ1) is 19.0. The minimum atomic E-state index is -1.25. The van der Waals surface area contributed by atoms with Crippen LogP contribution in [0.25, 0.3) is 0 Å². The molecule has 0 aromatic rings. The van der Waals surface area contributed by atoms with Gasteiger partial charge in [-0.1, -0.05) is 20.8 Å². The molecule has 0 bridgehead atoms. The van der Waals surface area contributed by atoms with Gasteiger partial charge in [0.05, 0.1) is 18.4 Å². The fourth-order valence-corrected chi connectivity index (χ4v) is 5.10. The highest BCUT2D eigenvalue weighted by molar-refractivity contribution is 8.00. The molecule has 0 aliphatic carbocycles. The summed E-state index contributed by atoms with van der Waals surface area (Å²) in [6.07, 6.45) is -1.08. The summed E-state index contributed by atoms with van der Waals surface area (Å²) in [5.41, 5.74) is 10.2. The van der Waals surface area contributed by atoms with Crippen molar-refractivity contribution in [2.45, 2.75) is 70.4 Å². The van der Waals surface area contributed by atoms with Crippen LogP contribution < -0.4 is 38.1 Å². The van der Waals surface area contributed by atoms with Gasteiger partial charge in [-0.15, -0.1) is 11.8 Å². The van der Waals surface area contributed by atoms with Gasteiger partial charge in [0.2, 0.25) is 41.4 Å². The van der Waals surface area contributed by atoms with Gasteiger partial charge in [-0.3, -0.25) is 33.6 Å². The molecule has 17 heteroatoms. The van der Waals surface area contributed by atoms with E-state index in [1.54, 1.807) is 20.8 Å². The molecule has 0 aromatic carbocycles. The van der Waals surface area contributed by atoms with Crippen LogP contribution in [-0.2, 0) is 33.6 Å². The summed E-state index contributed by atoms with van der Waals surface area (Å²) in [7, 11) is 0. The molecule has 7 amide bonds. The smallest absolute Gasteiger partial charge is 0.246 e. The minimum absolute atomic E-state index is 0.0784. The minimum Gasteiger partial charge on any atom is -0.391 e. The van der Waals surface area contributed by atoms with Gasteiger partial charge in [-0.05, 0) is 12.3 Å². The summed E-state index contributed by atoms with van der Waals surface area (Å²) >= 11 is 0.973. The van der Waals surface area contributed by atoms with E-state index in [9.17, 15) is 38.7 Å². The number of carbonyl (C=O) groups excluding carboxylic acids is 7. The van der Waals surface area contributed by atoms with Crippen LogP contribution in [0.1, 0.15) is 34.1 Å². The van der Waals surface area contributed by atoms with Gasteiger partial charge in [0, 0.05) is 25.3 Å². The predicted molar refractivity (Wildman–Crippen MR) is 148 cm³/mol. The molecule has 2 aliphatic rings. The van der Waals surface area contributed by atoms with E-state index in [0.29, 0.717) is 0 Å². The third-order valence-electron chi connectivity index (χ3n) is 6.52. The fraction of sp³-hybridized carbons (Fsp3) is 0.708. The van der Waals surface area contributed by atoms with E-state index in [-0.39, 0.29) is 31.0 Å². The third-order valence-corrected chi connectivity index (χ3v) is 7.56. The maximum absolute atomic E-state index is 13.6. The zero-order valence-corrected chi connectivity index (χ0v) is 24.3. The van der Waals surface area contributed by atoms with E-state index in [1.807, 2.05) is 0 Å². The number of aliphatic hydroxyl groups is 1. The van der Waals surface area contributed by atoms with Crippen molar-refractivity contribution in [2.24, 2.45) is 16.9 Å². The van der Waals surface area contributed by atoms with Gasteiger partial charge in [-0.2, -0.15) is 0 Å². The molecule has 0 saturated carbocycles. The Labute approximate surface area is 241 Å². The first kappa shape index (κ1) is 33.8. The summed E-state index contributed by atoms with van der Waals surface area (Å²) in [5.74, 6) is -5.31. The lowest BCUT2D eigenvalue weighted by molar-refractivity contribution is -0.144. The van der Waals surface area contributed by atoms with Crippen LogP contribution >= 0.6 is 11.8 Å². The first-order valence-corrected chi connectivity index (χ1v) is 14.2. The van der Waals surface area contributed by atoms with Gasteiger partial charge in [0.15, 0.2) is 0 Å². The lowest BCUT2D eigenvalue weighted by Gasteiger charge is -2.35. The number of nitrogens with two attached hydrogens (primary N) is 2. The maximum Gasteiger partial charge on any atom is 0.246 e. The van der Waals surface area contributed by atoms with Crippen molar-refractivity contribution >= 4 is 53.1 Å². The largest absolute Gasteiger partial charge is 0.391 e. The monoisotopic (exact) mass is 600 g/mol. The number of nitrogens with zero attached hydrogens (tertiary/aromatic N) is 1. The molecule has 230 valence electrons. The van der Waals surface area contributed by atoms with Gasteiger partial charge >= 0.3 is 0 Å². The number of thioether (sulfide) groups is 1. The molecule has 10 N–H and O–H groups in total. The predicted octanol–water partition coefficient (Wildman–Crippen LogP) is -4.74. The second-order valence-corrected chi connectivity index (χ2v) is 12.1. The number of aliphatic hydroxyl groups excluding tert-OH is 1. The van der Waals surface area contributed by atoms with Crippen LogP contribution in [-0.4, -0.2) is 119 Å². The van der Waals surface area contributed by atoms with Crippen molar-refractivity contribution < 1.29 is 38.7 Å². The number of primary amides is 1. The molecule has 2 fully saturated rings. The number of hydrogen-bond acceptors (Lipinski definition) is 10. The van der Waals surface area contributed by atoms with Crippen molar-refractivity contribution in [2.75, 3.05) is 31.1 Å². The van der Waals surface area contributed by atoms with Crippen LogP contribution in [0, 0.1) is 5.41 Å². The molecule has 6 atom stereocenters. The Hall–Kier alpha value is -3.44. The molecule has 0 aromatic heterocycles. The molecule has 41 heavy (non-hydrogen) atoms. The van der Waals surface area contributed by atoms with E-state index in [4.69, 9.17) is 11.5 Å². The topological polar surface area (TPSA) is 255 Å². The van der Waals surface area contributed by atoms with Gasteiger partial charge in [0.25, 0.3) is 0 Å². The molecule has 0 spiro atoms. The molecular formula is C24H40N8O8S. The van der Waals surface area contributed by atoms with E-state index in [0.717, 1.165) is 11.8 Å². The van der Waals surface area contributed by atoms with Gasteiger partial charge in [0.1, 0.15) is 30.2 Å². The Morgan fingerprint density at radius 1 is 1.00 bits per heavy atom. The van der Waals surface area contributed by atoms with E-state index < -0.39 is 89.6 Å². The molecule has 2 rings (SSSR count). The maximum atomic E-state index is 13.6. The Morgan fingerprint density at radius 3 is 2.24 bits per heavy atom. The number of nitrogens with one attached hydrogen (secondary N) is 5. The fourth-order valence-electron chi connectivity index (χ4n) is 4.23. The first-order valence-electron chi connectivity index (χ1n) is 13.1. The van der Waals surface area contributed by atoms with Crippen molar-refractivity contribution in [1.29, 1.82) is 0 Å². The van der Waals surface area contributed by atoms with Crippen LogP contribution in [0.15, 0.2) is 0 Å². The SMILES string of the molecule is C[C@H]1NC(=O)[C@@H]2C[C@@H](O)CN2C(=O)[C@H](C(C)(C)C)NC(=O)CSC[C@H](C(N)=O)NC(=O)[C@@H](CN)NC(=O)CNC1=O. The highest BCUT2D eigenvalue weighted by Crippen LogP contribution is 2.26. The molecule has 2 heterocycles. The van der Waals surface area contributed by atoms with E-state index >= 15 is 0 Å². The molecule has 0 unspecified atom stereocenters. The number of carbonyl (C=O) groups is 7. The third kappa shape index (κ3) is 9.57. The van der Waals surface area contributed by atoms with Crippen LogP contribution in [0.3, 0.4) is 0 Å². The molecule has 0 radical (unpaired) electrons. The zero-order chi connectivity index (χ0) is 31.1. The van der Waals surface area contributed by atoms with Crippen molar-refractivity contribution in [3.05, 3.63) is 0 Å². The highest BCUT2D eigenvalue weighted by Gasteiger charge is 2.45. The summed E-state index contributed by atoms with van der Waals surface area (Å²) in [4.78, 5) is 90.2. The van der Waals surface area contributed by atoms with Crippen molar-refractivity contribution in [3.63, 3.8) is 0 Å². The Balaban J connectivity index is 2.35. The van der Waals surface area contributed by atoms with Gasteiger partial charge in [-0.25, -0.2) is 0 Å². The lowest BCUT2D eigenvalue weighted by Crippen LogP contribution is -2.59. The quantitative estimate of drug-likeness (QED) is 0.150. The summed E-state index contributed by atoms with van der Waals surface area (Å²) in [5, 5.41) is 22.5. The average Bonchev–Trinajstić information content (AvgIpc) is 3.28. The van der Waals surface area contributed by atoms with Gasteiger partial charge < -0.3 is 48.1 Å². The summed E-state index contributed by atoms with van der Waals surface area (Å²) < 4.78 is 0. The number of amides is 7. The summed E-state index contributed by atoms with van der Waals surface area (Å²) in [6, 6.07) is -5.77. The van der Waals surface area contributed by atoms with E-state index in [2.05, 4.69) is 26.6 Å².